The number of amides is 1. The molecule has 0 spiro atoms. The highest BCUT2D eigenvalue weighted by atomic mass is 79.9. The fourth-order valence-electron chi connectivity index (χ4n) is 3.38. The predicted octanol–water partition coefficient (Wildman–Crippen LogP) is 1.62. The molecular formula is C17H24BrN3O3S. The highest BCUT2D eigenvalue weighted by molar-refractivity contribution is 9.10. The van der Waals surface area contributed by atoms with Gasteiger partial charge in [-0.25, -0.2) is 8.42 Å². The van der Waals surface area contributed by atoms with Gasteiger partial charge in [-0.1, -0.05) is 15.9 Å². The van der Waals surface area contributed by atoms with Gasteiger partial charge in [0.1, 0.15) is 0 Å². The Morgan fingerprint density at radius 1 is 1.00 bits per heavy atom. The Hall–Kier alpha value is -0.960. The van der Waals surface area contributed by atoms with Crippen molar-refractivity contribution in [2.24, 2.45) is 5.92 Å². The molecule has 3 rings (SSSR count). The van der Waals surface area contributed by atoms with Crippen LogP contribution in [0.15, 0.2) is 33.6 Å². The second-order valence-electron chi connectivity index (χ2n) is 6.76. The quantitative estimate of drug-likeness (QED) is 0.732. The molecule has 0 saturated carbocycles. The molecule has 0 N–H and O–H groups in total. The minimum absolute atomic E-state index is 0.0558. The van der Waals surface area contributed by atoms with Crippen LogP contribution in [0, 0.1) is 5.92 Å². The van der Waals surface area contributed by atoms with Crippen molar-refractivity contribution < 1.29 is 13.2 Å². The molecule has 0 radical (unpaired) electrons. The molecule has 0 aromatic heterocycles. The number of carbonyl (C=O) groups is 1. The monoisotopic (exact) mass is 429 g/mol. The van der Waals surface area contributed by atoms with Crippen LogP contribution in [0.25, 0.3) is 0 Å². The molecular weight excluding hydrogens is 406 g/mol. The molecule has 6 nitrogen and oxygen atoms in total. The Balaban J connectivity index is 1.59. The third kappa shape index (κ3) is 4.24. The number of hydrogen-bond acceptors (Lipinski definition) is 4. The van der Waals surface area contributed by atoms with Crippen molar-refractivity contribution in [2.45, 2.75) is 17.7 Å². The summed E-state index contributed by atoms with van der Waals surface area (Å²) >= 11 is 3.32. The highest BCUT2D eigenvalue weighted by Gasteiger charge is 2.34. The van der Waals surface area contributed by atoms with Crippen molar-refractivity contribution in [2.75, 3.05) is 46.3 Å². The summed E-state index contributed by atoms with van der Waals surface area (Å²) in [7, 11) is -1.42. The van der Waals surface area contributed by atoms with Gasteiger partial charge in [0, 0.05) is 49.7 Å². The number of halogens is 1. The molecule has 1 aromatic carbocycles. The number of sulfonamides is 1. The van der Waals surface area contributed by atoms with E-state index < -0.39 is 10.0 Å². The van der Waals surface area contributed by atoms with Crippen LogP contribution in [0.4, 0.5) is 0 Å². The van der Waals surface area contributed by atoms with E-state index >= 15 is 0 Å². The molecule has 8 heteroatoms. The van der Waals surface area contributed by atoms with Gasteiger partial charge in [0.2, 0.25) is 15.9 Å². The summed E-state index contributed by atoms with van der Waals surface area (Å²) in [5.74, 6) is 0.133. The molecule has 0 bridgehead atoms. The van der Waals surface area contributed by atoms with Crippen LogP contribution in [0.1, 0.15) is 12.8 Å². The van der Waals surface area contributed by atoms with Gasteiger partial charge in [0.15, 0.2) is 0 Å². The number of piperidine rings is 1. The molecule has 2 heterocycles. The summed E-state index contributed by atoms with van der Waals surface area (Å²) in [6.45, 7) is 4.16. The van der Waals surface area contributed by atoms with Gasteiger partial charge in [0.25, 0.3) is 0 Å². The first-order valence-electron chi connectivity index (χ1n) is 8.61. The first-order chi connectivity index (χ1) is 11.9. The summed E-state index contributed by atoms with van der Waals surface area (Å²) in [4.78, 5) is 17.1. The summed E-state index contributed by atoms with van der Waals surface area (Å²) in [6.07, 6.45) is 1.20. The summed E-state index contributed by atoms with van der Waals surface area (Å²) in [5.41, 5.74) is 0. The molecule has 1 amide bonds. The van der Waals surface area contributed by atoms with E-state index in [1.807, 2.05) is 4.90 Å². The number of nitrogens with zero attached hydrogens (tertiary/aromatic N) is 3. The molecule has 2 saturated heterocycles. The molecule has 2 aliphatic rings. The molecule has 0 atom stereocenters. The van der Waals surface area contributed by atoms with Crippen molar-refractivity contribution in [3.63, 3.8) is 0 Å². The minimum atomic E-state index is -3.48. The standard InChI is InChI=1S/C17H24BrN3O3S/c1-19-10-12-20(13-11-19)17(22)14-6-8-21(9-7-14)25(23,24)16-4-2-15(18)3-5-16/h2-5,14H,6-13H2,1H3. The third-order valence-electron chi connectivity index (χ3n) is 5.07. The van der Waals surface area contributed by atoms with E-state index in [0.29, 0.717) is 30.8 Å². The fourth-order valence-corrected chi connectivity index (χ4v) is 5.12. The van der Waals surface area contributed by atoms with Crippen molar-refractivity contribution in [1.82, 2.24) is 14.1 Å². The molecule has 138 valence electrons. The van der Waals surface area contributed by atoms with Crippen LogP contribution in [-0.4, -0.2) is 74.7 Å². The van der Waals surface area contributed by atoms with Crippen LogP contribution in [0.3, 0.4) is 0 Å². The number of rotatable bonds is 3. The Morgan fingerprint density at radius 2 is 1.56 bits per heavy atom. The van der Waals surface area contributed by atoms with Crippen LogP contribution in [-0.2, 0) is 14.8 Å². The second kappa shape index (κ2) is 7.73. The molecule has 0 aliphatic carbocycles. The number of benzene rings is 1. The number of hydrogen-bond donors (Lipinski definition) is 0. The van der Waals surface area contributed by atoms with E-state index in [4.69, 9.17) is 0 Å². The van der Waals surface area contributed by atoms with Crippen molar-refractivity contribution >= 4 is 31.9 Å². The maximum atomic E-state index is 12.7. The van der Waals surface area contributed by atoms with Gasteiger partial charge in [-0.15, -0.1) is 0 Å². The average Bonchev–Trinajstić information content (AvgIpc) is 2.62. The first kappa shape index (κ1) is 18.8. The summed E-state index contributed by atoms with van der Waals surface area (Å²) in [5, 5.41) is 0. The summed E-state index contributed by atoms with van der Waals surface area (Å²) < 4.78 is 27.8. The van der Waals surface area contributed by atoms with Gasteiger partial charge in [-0.05, 0) is 44.2 Å². The van der Waals surface area contributed by atoms with Gasteiger partial charge in [0.05, 0.1) is 4.90 Å². The van der Waals surface area contributed by atoms with E-state index in [2.05, 4.69) is 27.9 Å². The van der Waals surface area contributed by atoms with E-state index in [9.17, 15) is 13.2 Å². The zero-order valence-corrected chi connectivity index (χ0v) is 16.8. The Morgan fingerprint density at radius 3 is 2.12 bits per heavy atom. The zero-order chi connectivity index (χ0) is 18.0. The molecule has 0 unspecified atom stereocenters. The highest BCUT2D eigenvalue weighted by Crippen LogP contribution is 2.26. The van der Waals surface area contributed by atoms with Gasteiger partial charge >= 0.3 is 0 Å². The topological polar surface area (TPSA) is 60.9 Å². The minimum Gasteiger partial charge on any atom is -0.340 e. The maximum Gasteiger partial charge on any atom is 0.243 e. The Kier molecular flexibility index (Phi) is 5.82. The lowest BCUT2D eigenvalue weighted by molar-refractivity contribution is -0.138. The molecule has 1 aromatic rings. The summed E-state index contributed by atoms with van der Waals surface area (Å²) in [6, 6.07) is 6.69. The molecule has 2 fully saturated rings. The largest absolute Gasteiger partial charge is 0.340 e. The van der Waals surface area contributed by atoms with Gasteiger partial charge < -0.3 is 9.80 Å². The van der Waals surface area contributed by atoms with E-state index in [0.717, 1.165) is 30.7 Å². The van der Waals surface area contributed by atoms with Gasteiger partial charge in [-0.2, -0.15) is 4.31 Å². The lowest BCUT2D eigenvalue weighted by atomic mass is 9.96. The third-order valence-corrected chi connectivity index (χ3v) is 7.51. The smallest absolute Gasteiger partial charge is 0.243 e. The number of piperazine rings is 1. The van der Waals surface area contributed by atoms with Crippen molar-refractivity contribution in [3.8, 4) is 0 Å². The SMILES string of the molecule is CN1CCN(C(=O)C2CCN(S(=O)(=O)c3ccc(Br)cc3)CC2)CC1. The number of carbonyl (C=O) groups excluding carboxylic acids is 1. The fraction of sp³-hybridized carbons (Fsp3) is 0.588. The van der Waals surface area contributed by atoms with E-state index in [1.165, 1.54) is 4.31 Å². The number of likely N-dealkylation sites (N-methyl/N-ethyl adjacent to an activating group) is 1. The van der Waals surface area contributed by atoms with Crippen LogP contribution >= 0.6 is 15.9 Å². The first-order valence-corrected chi connectivity index (χ1v) is 10.8. The second-order valence-corrected chi connectivity index (χ2v) is 9.61. The molecule has 2 aliphatic heterocycles. The van der Waals surface area contributed by atoms with Crippen LogP contribution in [0.5, 0.6) is 0 Å². The maximum absolute atomic E-state index is 12.7. The average molecular weight is 430 g/mol. The normalized spacial score (nSPS) is 21.4. The lowest BCUT2D eigenvalue weighted by Gasteiger charge is -2.37. The van der Waals surface area contributed by atoms with Crippen LogP contribution in [0.2, 0.25) is 0 Å². The van der Waals surface area contributed by atoms with Crippen molar-refractivity contribution in [1.29, 1.82) is 0 Å². The van der Waals surface area contributed by atoms with E-state index in [1.54, 1.807) is 24.3 Å². The predicted molar refractivity (Wildman–Crippen MR) is 99.7 cm³/mol. The zero-order valence-electron chi connectivity index (χ0n) is 14.4. The van der Waals surface area contributed by atoms with Crippen molar-refractivity contribution in [3.05, 3.63) is 28.7 Å². The van der Waals surface area contributed by atoms with E-state index in [-0.39, 0.29) is 11.8 Å². The Bertz CT molecular complexity index is 707. The Labute approximate surface area is 158 Å². The molecule has 25 heavy (non-hydrogen) atoms. The van der Waals surface area contributed by atoms with Crippen LogP contribution < -0.4 is 0 Å². The lowest BCUT2D eigenvalue weighted by Crippen LogP contribution is -2.50. The van der Waals surface area contributed by atoms with Gasteiger partial charge in [-0.3, -0.25) is 4.79 Å².